The SMILES string of the molecule is COc1ccc(CC(=O)N/N=C\c2ccc(OC(=O)c3cccs3)c(OC)c2)cc1OC. The molecular formula is C23H22N2O6S. The summed E-state index contributed by atoms with van der Waals surface area (Å²) in [7, 11) is 4.56. The molecule has 166 valence electrons. The third kappa shape index (κ3) is 5.86. The third-order valence-corrected chi connectivity index (χ3v) is 5.18. The Labute approximate surface area is 189 Å². The van der Waals surface area contributed by atoms with Crippen LogP contribution in [0.5, 0.6) is 23.0 Å². The van der Waals surface area contributed by atoms with E-state index in [1.807, 2.05) is 0 Å². The van der Waals surface area contributed by atoms with Gasteiger partial charge in [0.15, 0.2) is 23.0 Å². The van der Waals surface area contributed by atoms with Crippen molar-refractivity contribution in [3.05, 3.63) is 69.9 Å². The number of hydrazone groups is 1. The zero-order chi connectivity index (χ0) is 22.9. The fourth-order valence-electron chi connectivity index (χ4n) is 2.79. The lowest BCUT2D eigenvalue weighted by molar-refractivity contribution is -0.120. The highest BCUT2D eigenvalue weighted by Gasteiger charge is 2.13. The molecule has 0 saturated carbocycles. The van der Waals surface area contributed by atoms with Crippen molar-refractivity contribution in [1.82, 2.24) is 5.43 Å². The van der Waals surface area contributed by atoms with E-state index in [1.54, 1.807) is 61.0 Å². The molecule has 0 saturated heterocycles. The smallest absolute Gasteiger partial charge is 0.353 e. The number of nitrogens with one attached hydrogen (secondary N) is 1. The first-order valence-electron chi connectivity index (χ1n) is 9.50. The van der Waals surface area contributed by atoms with Gasteiger partial charge in [-0.2, -0.15) is 5.10 Å². The zero-order valence-electron chi connectivity index (χ0n) is 17.8. The summed E-state index contributed by atoms with van der Waals surface area (Å²) in [6, 6.07) is 13.7. The number of ether oxygens (including phenoxy) is 4. The van der Waals surface area contributed by atoms with E-state index in [4.69, 9.17) is 18.9 Å². The minimum absolute atomic E-state index is 0.124. The quantitative estimate of drug-likeness (QED) is 0.229. The van der Waals surface area contributed by atoms with Gasteiger partial charge in [0.2, 0.25) is 5.91 Å². The Kier molecular flexibility index (Phi) is 7.82. The summed E-state index contributed by atoms with van der Waals surface area (Å²) >= 11 is 1.29. The number of benzene rings is 2. The standard InChI is InChI=1S/C23H22N2O6S/c1-28-17-8-6-15(11-19(17)29-2)13-22(26)25-24-14-16-7-9-18(20(12-16)30-3)31-23(27)21-5-4-10-32-21/h4-12,14H,13H2,1-3H3,(H,25,26)/b24-14-. The van der Waals surface area contributed by atoms with Crippen LogP contribution in [0.1, 0.15) is 20.8 Å². The average Bonchev–Trinajstić information content (AvgIpc) is 3.35. The molecule has 1 N–H and O–H groups in total. The molecule has 8 nitrogen and oxygen atoms in total. The van der Waals surface area contributed by atoms with E-state index >= 15 is 0 Å². The molecule has 0 aliphatic rings. The topological polar surface area (TPSA) is 95.5 Å². The van der Waals surface area contributed by atoms with E-state index < -0.39 is 5.97 Å². The lowest BCUT2D eigenvalue weighted by atomic mass is 10.1. The number of carbonyl (C=O) groups is 2. The van der Waals surface area contributed by atoms with Crippen LogP contribution in [-0.4, -0.2) is 39.4 Å². The number of hydrogen-bond acceptors (Lipinski definition) is 8. The molecule has 0 fully saturated rings. The van der Waals surface area contributed by atoms with E-state index in [-0.39, 0.29) is 12.3 Å². The molecule has 0 atom stereocenters. The highest BCUT2D eigenvalue weighted by molar-refractivity contribution is 7.12. The number of esters is 1. The molecule has 3 rings (SSSR count). The molecule has 0 radical (unpaired) electrons. The Morgan fingerprint density at radius 1 is 0.938 bits per heavy atom. The minimum Gasteiger partial charge on any atom is -0.493 e. The Balaban J connectivity index is 1.60. The summed E-state index contributed by atoms with van der Waals surface area (Å²) in [4.78, 5) is 24.8. The van der Waals surface area contributed by atoms with Crippen molar-refractivity contribution >= 4 is 29.4 Å². The van der Waals surface area contributed by atoms with Gasteiger partial charge in [-0.05, 0) is 52.9 Å². The average molecular weight is 455 g/mol. The summed E-state index contributed by atoms with van der Waals surface area (Å²) in [5.74, 6) is 1.06. The summed E-state index contributed by atoms with van der Waals surface area (Å²) in [6.07, 6.45) is 1.60. The maximum absolute atomic E-state index is 12.2. The first kappa shape index (κ1) is 22.8. The predicted molar refractivity (Wildman–Crippen MR) is 121 cm³/mol. The second-order valence-corrected chi connectivity index (χ2v) is 7.38. The molecule has 2 aromatic carbocycles. The van der Waals surface area contributed by atoms with E-state index in [1.165, 1.54) is 31.8 Å². The lowest BCUT2D eigenvalue weighted by Gasteiger charge is -2.09. The van der Waals surface area contributed by atoms with Crippen molar-refractivity contribution in [3.63, 3.8) is 0 Å². The van der Waals surface area contributed by atoms with Gasteiger partial charge >= 0.3 is 5.97 Å². The third-order valence-electron chi connectivity index (χ3n) is 4.33. The Bertz CT molecular complexity index is 1110. The summed E-state index contributed by atoms with van der Waals surface area (Å²) in [6.45, 7) is 0. The maximum Gasteiger partial charge on any atom is 0.353 e. The molecule has 0 bridgehead atoms. The molecule has 1 heterocycles. The second-order valence-electron chi connectivity index (χ2n) is 6.44. The van der Waals surface area contributed by atoms with E-state index in [0.717, 1.165) is 5.56 Å². The van der Waals surface area contributed by atoms with E-state index in [2.05, 4.69) is 10.5 Å². The van der Waals surface area contributed by atoms with Crippen LogP contribution < -0.4 is 24.4 Å². The Morgan fingerprint density at radius 3 is 2.34 bits per heavy atom. The highest BCUT2D eigenvalue weighted by Crippen LogP contribution is 2.29. The van der Waals surface area contributed by atoms with Gasteiger partial charge in [0, 0.05) is 0 Å². The predicted octanol–water partition coefficient (Wildman–Crippen LogP) is 3.69. The Morgan fingerprint density at radius 2 is 1.66 bits per heavy atom. The molecule has 0 aliphatic carbocycles. The number of nitrogens with zero attached hydrogens (tertiary/aromatic N) is 1. The largest absolute Gasteiger partial charge is 0.493 e. The molecule has 0 spiro atoms. The zero-order valence-corrected chi connectivity index (χ0v) is 18.6. The maximum atomic E-state index is 12.2. The summed E-state index contributed by atoms with van der Waals surface area (Å²) in [5.41, 5.74) is 3.90. The van der Waals surface area contributed by atoms with Crippen LogP contribution in [0.15, 0.2) is 59.0 Å². The first-order chi connectivity index (χ1) is 15.5. The van der Waals surface area contributed by atoms with E-state index in [0.29, 0.717) is 33.4 Å². The van der Waals surface area contributed by atoms with Crippen molar-refractivity contribution in [3.8, 4) is 23.0 Å². The van der Waals surface area contributed by atoms with Gasteiger partial charge in [-0.15, -0.1) is 11.3 Å². The fourth-order valence-corrected chi connectivity index (χ4v) is 3.39. The number of thiophene rings is 1. The van der Waals surface area contributed by atoms with Crippen LogP contribution in [0.2, 0.25) is 0 Å². The molecule has 32 heavy (non-hydrogen) atoms. The molecule has 1 amide bonds. The van der Waals surface area contributed by atoms with Gasteiger partial charge < -0.3 is 18.9 Å². The summed E-state index contributed by atoms with van der Waals surface area (Å²) in [5, 5.41) is 5.78. The first-order valence-corrected chi connectivity index (χ1v) is 10.4. The number of methoxy groups -OCH3 is 3. The number of rotatable bonds is 9. The lowest BCUT2D eigenvalue weighted by Crippen LogP contribution is -2.19. The van der Waals surface area contributed by atoms with Gasteiger partial charge in [-0.3, -0.25) is 4.79 Å². The van der Waals surface area contributed by atoms with Crippen molar-refractivity contribution in [1.29, 1.82) is 0 Å². The number of carbonyl (C=O) groups excluding carboxylic acids is 2. The molecule has 0 unspecified atom stereocenters. The highest BCUT2D eigenvalue weighted by atomic mass is 32.1. The van der Waals surface area contributed by atoms with Crippen molar-refractivity contribution < 1.29 is 28.5 Å². The van der Waals surface area contributed by atoms with Crippen molar-refractivity contribution in [2.24, 2.45) is 5.10 Å². The van der Waals surface area contributed by atoms with Gasteiger partial charge in [-0.1, -0.05) is 12.1 Å². The molecule has 0 aliphatic heterocycles. The van der Waals surface area contributed by atoms with Crippen molar-refractivity contribution in [2.45, 2.75) is 6.42 Å². The van der Waals surface area contributed by atoms with Crippen LogP contribution >= 0.6 is 11.3 Å². The van der Waals surface area contributed by atoms with Crippen LogP contribution in [0.25, 0.3) is 0 Å². The van der Waals surface area contributed by atoms with Crippen molar-refractivity contribution in [2.75, 3.05) is 21.3 Å². The van der Waals surface area contributed by atoms with Crippen LogP contribution in [0, 0.1) is 0 Å². The number of amides is 1. The molecule has 3 aromatic rings. The van der Waals surface area contributed by atoms with Gasteiger partial charge in [0.1, 0.15) is 4.88 Å². The van der Waals surface area contributed by atoms with Gasteiger partial charge in [-0.25, -0.2) is 10.2 Å². The summed E-state index contributed by atoms with van der Waals surface area (Å²) < 4.78 is 21.1. The Hall–Kier alpha value is -3.85. The van der Waals surface area contributed by atoms with E-state index in [9.17, 15) is 9.59 Å². The van der Waals surface area contributed by atoms with Gasteiger partial charge in [0.25, 0.3) is 0 Å². The normalized spacial score (nSPS) is 10.6. The molecule has 1 aromatic heterocycles. The minimum atomic E-state index is -0.456. The molecular weight excluding hydrogens is 432 g/mol. The second kappa shape index (κ2) is 11.0. The monoisotopic (exact) mass is 454 g/mol. The molecule has 9 heteroatoms. The van der Waals surface area contributed by atoms with Crippen LogP contribution in [0.3, 0.4) is 0 Å². The van der Waals surface area contributed by atoms with Crippen LogP contribution in [-0.2, 0) is 11.2 Å². The van der Waals surface area contributed by atoms with Crippen LogP contribution in [0.4, 0.5) is 0 Å². The van der Waals surface area contributed by atoms with Gasteiger partial charge in [0.05, 0.1) is 34.0 Å². The number of hydrogen-bond donors (Lipinski definition) is 1. The fraction of sp³-hybridized carbons (Fsp3) is 0.174.